The SMILES string of the molecule is Cc1nc(-c2cnn(C)c2)sc1C(=O)NC[C@H](Cc1ccccc1)C(=O)O. The van der Waals surface area contributed by atoms with E-state index in [1.165, 1.54) is 11.3 Å². The van der Waals surface area contributed by atoms with Crippen LogP contribution in [0, 0.1) is 12.8 Å². The maximum absolute atomic E-state index is 12.5. The molecule has 0 unspecified atom stereocenters. The molecule has 3 rings (SSSR count). The second-order valence-electron chi connectivity index (χ2n) is 6.27. The molecule has 3 aromatic rings. The Morgan fingerprint density at radius 1 is 1.30 bits per heavy atom. The summed E-state index contributed by atoms with van der Waals surface area (Å²) in [5.74, 6) is -1.93. The van der Waals surface area contributed by atoms with Gasteiger partial charge in [-0.05, 0) is 18.9 Å². The first-order valence-corrected chi connectivity index (χ1v) is 9.27. The van der Waals surface area contributed by atoms with Crippen molar-refractivity contribution in [2.75, 3.05) is 6.54 Å². The van der Waals surface area contributed by atoms with E-state index in [2.05, 4.69) is 15.4 Å². The summed E-state index contributed by atoms with van der Waals surface area (Å²) >= 11 is 1.27. The largest absolute Gasteiger partial charge is 0.481 e. The van der Waals surface area contributed by atoms with Gasteiger partial charge in [-0.2, -0.15) is 5.10 Å². The molecule has 0 spiro atoms. The Balaban J connectivity index is 1.67. The topological polar surface area (TPSA) is 97.1 Å². The number of nitrogens with zero attached hydrogens (tertiary/aromatic N) is 3. The second kappa shape index (κ2) is 8.13. The van der Waals surface area contributed by atoms with Gasteiger partial charge in [0.25, 0.3) is 5.91 Å². The molecular weight excluding hydrogens is 364 g/mol. The van der Waals surface area contributed by atoms with Crippen LogP contribution in [0.5, 0.6) is 0 Å². The molecule has 0 fully saturated rings. The summed E-state index contributed by atoms with van der Waals surface area (Å²) in [5, 5.41) is 17.0. The van der Waals surface area contributed by atoms with Crippen molar-refractivity contribution in [3.05, 3.63) is 58.9 Å². The third-order valence-corrected chi connectivity index (χ3v) is 5.34. The summed E-state index contributed by atoms with van der Waals surface area (Å²) in [6.45, 7) is 1.83. The number of carboxylic acid groups (broad SMARTS) is 1. The number of hydrogen-bond acceptors (Lipinski definition) is 5. The van der Waals surface area contributed by atoms with Gasteiger partial charge < -0.3 is 10.4 Å². The number of nitrogens with one attached hydrogen (secondary N) is 1. The van der Waals surface area contributed by atoms with E-state index in [-0.39, 0.29) is 12.5 Å². The molecule has 140 valence electrons. The van der Waals surface area contributed by atoms with Crippen LogP contribution in [0.4, 0.5) is 0 Å². The first-order valence-electron chi connectivity index (χ1n) is 8.45. The molecular formula is C19H20N4O3S. The van der Waals surface area contributed by atoms with Gasteiger partial charge in [0.05, 0.1) is 17.8 Å². The maximum atomic E-state index is 12.5. The minimum absolute atomic E-state index is 0.0582. The molecule has 0 bridgehead atoms. The van der Waals surface area contributed by atoms with Gasteiger partial charge in [0.15, 0.2) is 0 Å². The molecule has 2 N–H and O–H groups in total. The van der Waals surface area contributed by atoms with Gasteiger partial charge in [0.2, 0.25) is 0 Å². The van der Waals surface area contributed by atoms with Crippen LogP contribution >= 0.6 is 11.3 Å². The normalized spacial score (nSPS) is 11.9. The van der Waals surface area contributed by atoms with E-state index in [0.717, 1.165) is 11.1 Å². The Kier molecular flexibility index (Phi) is 5.66. The van der Waals surface area contributed by atoms with Crippen molar-refractivity contribution in [1.29, 1.82) is 0 Å². The lowest BCUT2D eigenvalue weighted by Gasteiger charge is -2.13. The van der Waals surface area contributed by atoms with Crippen LogP contribution in [0.2, 0.25) is 0 Å². The Labute approximate surface area is 160 Å². The summed E-state index contributed by atoms with van der Waals surface area (Å²) < 4.78 is 1.67. The number of hydrogen-bond donors (Lipinski definition) is 2. The molecule has 0 radical (unpaired) electrons. The van der Waals surface area contributed by atoms with Crippen LogP contribution in [0.25, 0.3) is 10.6 Å². The zero-order valence-corrected chi connectivity index (χ0v) is 15.9. The molecule has 8 heteroatoms. The molecule has 0 aliphatic carbocycles. The van der Waals surface area contributed by atoms with Crippen molar-refractivity contribution >= 4 is 23.2 Å². The van der Waals surface area contributed by atoms with E-state index >= 15 is 0 Å². The van der Waals surface area contributed by atoms with Crippen LogP contribution in [0.1, 0.15) is 20.9 Å². The Morgan fingerprint density at radius 3 is 2.67 bits per heavy atom. The molecule has 27 heavy (non-hydrogen) atoms. The first kappa shape index (κ1) is 18.8. The molecule has 0 aliphatic rings. The average Bonchev–Trinajstić information content (AvgIpc) is 3.24. The third kappa shape index (κ3) is 4.59. The van der Waals surface area contributed by atoms with Gasteiger partial charge in [-0.1, -0.05) is 30.3 Å². The van der Waals surface area contributed by atoms with Crippen molar-refractivity contribution in [3.63, 3.8) is 0 Å². The fourth-order valence-corrected chi connectivity index (χ4v) is 3.66. The van der Waals surface area contributed by atoms with Crippen molar-refractivity contribution in [3.8, 4) is 10.6 Å². The van der Waals surface area contributed by atoms with E-state index in [1.54, 1.807) is 17.8 Å². The van der Waals surface area contributed by atoms with Crippen molar-refractivity contribution in [1.82, 2.24) is 20.1 Å². The fraction of sp³-hybridized carbons (Fsp3) is 0.263. The molecule has 0 aliphatic heterocycles. The summed E-state index contributed by atoms with van der Waals surface area (Å²) in [5.41, 5.74) is 2.38. The zero-order valence-electron chi connectivity index (χ0n) is 15.0. The lowest BCUT2D eigenvalue weighted by molar-refractivity contribution is -0.141. The fourth-order valence-electron chi connectivity index (χ4n) is 2.70. The minimum atomic E-state index is -0.934. The van der Waals surface area contributed by atoms with Gasteiger partial charge in [-0.25, -0.2) is 4.98 Å². The van der Waals surface area contributed by atoms with Gasteiger partial charge in [0, 0.05) is 25.4 Å². The smallest absolute Gasteiger partial charge is 0.308 e. The quantitative estimate of drug-likeness (QED) is 0.652. The van der Waals surface area contributed by atoms with Crippen molar-refractivity contribution < 1.29 is 14.7 Å². The molecule has 1 amide bonds. The predicted molar refractivity (Wildman–Crippen MR) is 103 cm³/mol. The number of benzene rings is 1. The van der Waals surface area contributed by atoms with E-state index in [9.17, 15) is 14.7 Å². The summed E-state index contributed by atoms with van der Waals surface area (Å²) in [6, 6.07) is 9.38. The second-order valence-corrected chi connectivity index (χ2v) is 7.27. The Morgan fingerprint density at radius 2 is 2.04 bits per heavy atom. The van der Waals surface area contributed by atoms with Gasteiger partial charge in [0.1, 0.15) is 9.88 Å². The number of aromatic nitrogens is 3. The number of carbonyl (C=O) groups is 2. The van der Waals surface area contributed by atoms with Gasteiger partial charge >= 0.3 is 5.97 Å². The number of carboxylic acids is 1. The highest BCUT2D eigenvalue weighted by Gasteiger charge is 2.22. The lowest BCUT2D eigenvalue weighted by Crippen LogP contribution is -2.34. The average molecular weight is 384 g/mol. The number of thiazole rings is 1. The Bertz CT molecular complexity index is 949. The van der Waals surface area contributed by atoms with E-state index in [1.807, 2.05) is 43.6 Å². The van der Waals surface area contributed by atoms with Crippen LogP contribution in [0.15, 0.2) is 42.7 Å². The monoisotopic (exact) mass is 384 g/mol. The minimum Gasteiger partial charge on any atom is -0.481 e. The predicted octanol–water partition coefficient (Wildman–Crippen LogP) is 2.53. The molecule has 0 saturated carbocycles. The lowest BCUT2D eigenvalue weighted by atomic mass is 9.99. The van der Waals surface area contributed by atoms with Crippen molar-refractivity contribution in [2.45, 2.75) is 13.3 Å². The van der Waals surface area contributed by atoms with Crippen LogP contribution in [0.3, 0.4) is 0 Å². The molecule has 2 heterocycles. The summed E-state index contributed by atoms with van der Waals surface area (Å²) in [4.78, 5) is 29.0. The first-order chi connectivity index (χ1) is 12.9. The van der Waals surface area contributed by atoms with Crippen molar-refractivity contribution in [2.24, 2.45) is 13.0 Å². The number of carbonyl (C=O) groups excluding carboxylic acids is 1. The highest BCUT2D eigenvalue weighted by Crippen LogP contribution is 2.27. The molecule has 7 nitrogen and oxygen atoms in total. The third-order valence-electron chi connectivity index (χ3n) is 4.14. The van der Waals surface area contributed by atoms with E-state index in [0.29, 0.717) is 22.0 Å². The van der Waals surface area contributed by atoms with Crippen LogP contribution in [-0.4, -0.2) is 38.3 Å². The van der Waals surface area contributed by atoms with Gasteiger partial charge in [-0.15, -0.1) is 11.3 Å². The highest BCUT2D eigenvalue weighted by molar-refractivity contribution is 7.17. The number of aliphatic carboxylic acids is 1. The Hall–Kier alpha value is -3.00. The summed E-state index contributed by atoms with van der Waals surface area (Å²) in [6.07, 6.45) is 3.89. The highest BCUT2D eigenvalue weighted by atomic mass is 32.1. The number of rotatable bonds is 7. The maximum Gasteiger partial charge on any atom is 0.308 e. The van der Waals surface area contributed by atoms with E-state index < -0.39 is 11.9 Å². The zero-order chi connectivity index (χ0) is 19.4. The van der Waals surface area contributed by atoms with E-state index in [4.69, 9.17) is 0 Å². The van der Waals surface area contributed by atoms with Crippen LogP contribution in [-0.2, 0) is 18.3 Å². The molecule has 2 aromatic heterocycles. The number of aryl methyl sites for hydroxylation is 2. The number of amides is 1. The van der Waals surface area contributed by atoms with Crippen LogP contribution < -0.4 is 5.32 Å². The molecule has 0 saturated heterocycles. The molecule has 1 atom stereocenters. The summed E-state index contributed by atoms with van der Waals surface area (Å²) in [7, 11) is 1.82. The molecule has 1 aromatic carbocycles. The van der Waals surface area contributed by atoms with Gasteiger partial charge in [-0.3, -0.25) is 14.3 Å². The standard InChI is InChI=1S/C19H20N4O3S/c1-12-16(27-18(22-12)15-10-21-23(2)11-15)17(24)20-9-14(19(25)26)8-13-6-4-3-5-7-13/h3-7,10-11,14H,8-9H2,1-2H3,(H,20,24)(H,25,26)/t14-/m0/s1.